The molecule has 1 aromatic rings. The molecule has 1 aliphatic rings. The van der Waals surface area contributed by atoms with Gasteiger partial charge in [0.2, 0.25) is 0 Å². The fraction of sp³-hybridized carbons (Fsp3) is 0.647. The van der Waals surface area contributed by atoms with Gasteiger partial charge in [0.25, 0.3) is 0 Å². The van der Waals surface area contributed by atoms with Gasteiger partial charge in [0.1, 0.15) is 5.44 Å². The minimum Gasteiger partial charge on any atom is -0.407 e. The topological polar surface area (TPSA) is 27.7 Å². The van der Waals surface area contributed by atoms with E-state index in [2.05, 4.69) is 38.1 Å². The Labute approximate surface area is 139 Å². The number of hydrogen-bond acceptors (Lipinski definition) is 4. The molecular weight excluding hydrogens is 295 g/mol. The third kappa shape index (κ3) is 5.62. The Kier molecular flexibility index (Phi) is 8.38. The smallest absolute Gasteiger partial charge is 0.407 e. The van der Waals surface area contributed by atoms with E-state index in [0.717, 1.165) is 31.3 Å². The van der Waals surface area contributed by atoms with Gasteiger partial charge in [0.05, 0.1) is 0 Å². The van der Waals surface area contributed by atoms with Crippen LogP contribution in [-0.4, -0.2) is 32.4 Å². The summed E-state index contributed by atoms with van der Waals surface area (Å²) in [4.78, 5) is 1.21. The molecule has 0 N–H and O–H groups in total. The molecule has 22 heavy (non-hydrogen) atoms. The molecule has 3 nitrogen and oxygen atoms in total. The molecule has 1 heterocycles. The van der Waals surface area contributed by atoms with Crippen LogP contribution in [0.4, 0.5) is 0 Å². The first-order chi connectivity index (χ1) is 10.8. The molecule has 1 aliphatic heterocycles. The van der Waals surface area contributed by atoms with Crippen molar-refractivity contribution in [2.24, 2.45) is 0 Å². The van der Waals surface area contributed by atoms with Gasteiger partial charge in [-0.25, -0.2) is 0 Å². The molecule has 0 aromatic heterocycles. The van der Waals surface area contributed by atoms with Crippen molar-refractivity contribution in [1.29, 1.82) is 0 Å². The minimum absolute atomic E-state index is 0.257. The lowest BCUT2D eigenvalue weighted by Gasteiger charge is -2.24. The summed E-state index contributed by atoms with van der Waals surface area (Å²) >= 11 is 1.80. The molecule has 0 radical (unpaired) electrons. The highest BCUT2D eigenvalue weighted by Gasteiger charge is 2.26. The van der Waals surface area contributed by atoms with Crippen molar-refractivity contribution >= 4 is 24.3 Å². The van der Waals surface area contributed by atoms with E-state index < -0.39 is 0 Å². The van der Waals surface area contributed by atoms with Crippen molar-refractivity contribution in [3.8, 4) is 0 Å². The summed E-state index contributed by atoms with van der Waals surface area (Å²) in [5, 5.41) is 0. The predicted molar refractivity (Wildman–Crippen MR) is 93.8 cm³/mol. The Bertz CT molecular complexity index is 416. The van der Waals surface area contributed by atoms with Crippen LogP contribution in [0.2, 0.25) is 0 Å². The van der Waals surface area contributed by atoms with Gasteiger partial charge >= 0.3 is 7.12 Å². The summed E-state index contributed by atoms with van der Waals surface area (Å²) in [5.74, 6) is 0. The largest absolute Gasteiger partial charge is 0.495 e. The summed E-state index contributed by atoms with van der Waals surface area (Å²) in [6.07, 6.45) is 5.54. The molecule has 1 saturated heterocycles. The van der Waals surface area contributed by atoms with Crippen LogP contribution < -0.4 is 5.46 Å². The van der Waals surface area contributed by atoms with Crippen molar-refractivity contribution in [3.63, 3.8) is 0 Å². The number of hydrogen-bond donors (Lipinski definition) is 0. The predicted octanol–water partition coefficient (Wildman–Crippen LogP) is 3.85. The van der Waals surface area contributed by atoms with Crippen LogP contribution in [-0.2, 0) is 14.0 Å². The van der Waals surface area contributed by atoms with Crippen LogP contribution in [0.15, 0.2) is 29.2 Å². The van der Waals surface area contributed by atoms with E-state index in [1.54, 1.807) is 11.8 Å². The van der Waals surface area contributed by atoms with Crippen LogP contribution in [0.25, 0.3) is 0 Å². The summed E-state index contributed by atoms with van der Waals surface area (Å²) in [6.45, 7) is 6.54. The molecule has 0 amide bonds. The Hall–Kier alpha value is -0.485. The van der Waals surface area contributed by atoms with Gasteiger partial charge in [-0.3, -0.25) is 0 Å². The Morgan fingerprint density at radius 2 is 1.86 bits per heavy atom. The van der Waals surface area contributed by atoms with Crippen molar-refractivity contribution in [2.45, 2.75) is 56.3 Å². The molecule has 0 spiro atoms. The van der Waals surface area contributed by atoms with Gasteiger partial charge < -0.3 is 14.0 Å². The van der Waals surface area contributed by atoms with E-state index in [9.17, 15) is 0 Å². The van der Waals surface area contributed by atoms with E-state index in [1.165, 1.54) is 17.7 Å². The van der Waals surface area contributed by atoms with E-state index in [1.807, 2.05) is 0 Å². The summed E-state index contributed by atoms with van der Waals surface area (Å²) in [6, 6.07) is 8.39. The maximum Gasteiger partial charge on any atom is 0.495 e. The zero-order valence-corrected chi connectivity index (χ0v) is 14.6. The zero-order chi connectivity index (χ0) is 15.6. The number of ether oxygens (including phenoxy) is 1. The van der Waals surface area contributed by atoms with E-state index >= 15 is 0 Å². The lowest BCUT2D eigenvalue weighted by atomic mass is 9.78. The average Bonchev–Trinajstić information content (AvgIpc) is 2.57. The molecule has 0 bridgehead atoms. The molecule has 1 fully saturated rings. The SMILES string of the molecule is CCCOB(OCCC)c1ccccc1SC1CCCCO1. The molecule has 1 aromatic carbocycles. The highest BCUT2D eigenvalue weighted by molar-refractivity contribution is 8.00. The second kappa shape index (κ2) is 10.3. The first-order valence-electron chi connectivity index (χ1n) is 8.45. The van der Waals surface area contributed by atoms with Crippen LogP contribution in [0.3, 0.4) is 0 Å². The zero-order valence-electron chi connectivity index (χ0n) is 13.8. The van der Waals surface area contributed by atoms with Crippen molar-refractivity contribution in [2.75, 3.05) is 19.8 Å². The molecule has 1 unspecified atom stereocenters. The number of thioether (sulfide) groups is 1. The third-order valence-corrected chi connectivity index (χ3v) is 4.78. The summed E-state index contributed by atoms with van der Waals surface area (Å²) in [7, 11) is -0.271. The maximum absolute atomic E-state index is 5.93. The minimum atomic E-state index is -0.271. The van der Waals surface area contributed by atoms with Crippen LogP contribution in [0, 0.1) is 0 Å². The fourth-order valence-electron chi connectivity index (χ4n) is 2.41. The van der Waals surface area contributed by atoms with Gasteiger partial charge in [0.15, 0.2) is 0 Å². The molecule has 1 atom stereocenters. The quantitative estimate of drug-likeness (QED) is 0.646. The van der Waals surface area contributed by atoms with Gasteiger partial charge in [-0.15, -0.1) is 0 Å². The molecule has 122 valence electrons. The number of benzene rings is 1. The Balaban J connectivity index is 2.08. The summed E-state index contributed by atoms with van der Waals surface area (Å²) < 4.78 is 17.7. The van der Waals surface area contributed by atoms with Gasteiger partial charge in [0, 0.05) is 24.7 Å². The molecular formula is C17H27BO3S. The highest BCUT2D eigenvalue weighted by atomic mass is 32.2. The summed E-state index contributed by atoms with van der Waals surface area (Å²) in [5.41, 5.74) is 1.39. The molecule has 0 aliphatic carbocycles. The van der Waals surface area contributed by atoms with E-state index in [0.29, 0.717) is 13.2 Å². The van der Waals surface area contributed by atoms with Gasteiger partial charge in [-0.1, -0.05) is 43.8 Å². The standard InChI is InChI=1S/C17H27BO3S/c1-3-12-20-18(21-13-4-2)15-9-5-6-10-16(15)22-17-11-7-8-14-19-17/h5-6,9-10,17H,3-4,7-8,11-14H2,1-2H3. The van der Waals surface area contributed by atoms with Crippen LogP contribution in [0.5, 0.6) is 0 Å². The first kappa shape index (κ1) is 17.9. The molecule has 5 heteroatoms. The van der Waals surface area contributed by atoms with E-state index in [-0.39, 0.29) is 12.6 Å². The third-order valence-electron chi connectivity index (χ3n) is 3.52. The average molecular weight is 322 g/mol. The van der Waals surface area contributed by atoms with Crippen molar-refractivity contribution < 1.29 is 14.0 Å². The van der Waals surface area contributed by atoms with Crippen LogP contribution in [0.1, 0.15) is 46.0 Å². The Morgan fingerprint density at radius 3 is 2.50 bits per heavy atom. The van der Waals surface area contributed by atoms with E-state index in [4.69, 9.17) is 14.0 Å². The first-order valence-corrected chi connectivity index (χ1v) is 9.33. The van der Waals surface area contributed by atoms with Crippen molar-refractivity contribution in [3.05, 3.63) is 24.3 Å². The lowest BCUT2D eigenvalue weighted by Crippen LogP contribution is -2.39. The monoisotopic (exact) mass is 322 g/mol. The molecule has 2 rings (SSSR count). The second-order valence-electron chi connectivity index (χ2n) is 5.53. The van der Waals surface area contributed by atoms with Gasteiger partial charge in [-0.05, 0) is 43.6 Å². The molecule has 0 saturated carbocycles. The Morgan fingerprint density at radius 1 is 1.14 bits per heavy atom. The second-order valence-corrected chi connectivity index (χ2v) is 6.73. The fourth-order valence-corrected chi connectivity index (χ4v) is 3.60. The normalized spacial score (nSPS) is 18.4. The lowest BCUT2D eigenvalue weighted by molar-refractivity contribution is 0.0728. The maximum atomic E-state index is 5.93. The highest BCUT2D eigenvalue weighted by Crippen LogP contribution is 2.29. The number of rotatable bonds is 9. The van der Waals surface area contributed by atoms with Gasteiger partial charge in [-0.2, -0.15) is 0 Å². The van der Waals surface area contributed by atoms with Crippen LogP contribution >= 0.6 is 11.8 Å². The van der Waals surface area contributed by atoms with Crippen molar-refractivity contribution in [1.82, 2.24) is 0 Å².